The van der Waals surface area contributed by atoms with Crippen LogP contribution in [0.25, 0.3) is 37.6 Å². The Bertz CT molecular complexity index is 4180. The molecule has 4 aliphatic rings. The second-order valence-electron chi connectivity index (χ2n) is 23.6. The van der Waals surface area contributed by atoms with Gasteiger partial charge in [-0.1, -0.05) is 139 Å². The van der Waals surface area contributed by atoms with Crippen LogP contribution in [0.1, 0.15) is 78.0 Å². The lowest BCUT2D eigenvalue weighted by Gasteiger charge is -2.44. The van der Waals surface area contributed by atoms with E-state index in [1.165, 1.54) is 87.8 Å². The Hall–Kier alpha value is -8.00. The van der Waals surface area contributed by atoms with E-state index in [1.807, 2.05) is 11.3 Å². The molecule has 0 atom stereocenters. The van der Waals surface area contributed by atoms with E-state index >= 15 is 0 Å². The van der Waals surface area contributed by atoms with Crippen LogP contribution >= 0.6 is 11.3 Å². The maximum absolute atomic E-state index is 7.25. The number of hydrogen-bond acceptors (Lipinski definition) is 5. The van der Waals surface area contributed by atoms with Crippen molar-refractivity contribution in [3.8, 4) is 17.2 Å². The first kappa shape index (κ1) is 44.5. The smallest absolute Gasteiger partial charge is 0.264 e. The number of ether oxygens (including phenoxy) is 1. The van der Waals surface area contributed by atoms with Gasteiger partial charge in [0.15, 0.2) is 11.5 Å². The second kappa shape index (κ2) is 15.8. The lowest BCUT2D eigenvalue weighted by atomic mass is 9.36. The van der Waals surface area contributed by atoms with Gasteiger partial charge in [-0.05, 0) is 160 Å². The van der Waals surface area contributed by atoms with Gasteiger partial charge in [-0.2, -0.15) is 0 Å². The molecule has 0 unspecified atom stereocenters. The number of nitrogens with zero attached hydrogens (tertiary/aromatic N) is 4. The normalized spacial score (nSPS) is 15.8. The Morgan fingerprint density at radius 3 is 1.80 bits per heavy atom. The van der Waals surface area contributed by atoms with Crippen LogP contribution in [0.5, 0.6) is 11.5 Å². The molecule has 75 heavy (non-hydrogen) atoms. The van der Waals surface area contributed by atoms with Gasteiger partial charge < -0.3 is 24.0 Å². The summed E-state index contributed by atoms with van der Waals surface area (Å²) in [5.41, 5.74) is 20.6. The highest BCUT2D eigenvalue weighted by Crippen LogP contribution is 2.56. The van der Waals surface area contributed by atoms with E-state index in [-0.39, 0.29) is 23.0 Å². The molecule has 11 aromatic rings. The summed E-state index contributed by atoms with van der Waals surface area (Å²) in [5, 5.41) is 3.80. The number of fused-ring (bicyclic) bond motifs is 14. The lowest BCUT2D eigenvalue weighted by molar-refractivity contribution is 0.332. The van der Waals surface area contributed by atoms with Gasteiger partial charge in [0.25, 0.3) is 6.71 Å². The maximum atomic E-state index is 7.25. The average Bonchev–Trinajstić information content (AvgIpc) is 3.96. The lowest BCUT2D eigenvalue weighted by Crippen LogP contribution is -2.60. The van der Waals surface area contributed by atoms with E-state index < -0.39 is 0 Å². The summed E-state index contributed by atoms with van der Waals surface area (Å²) in [6.45, 7) is 16.6. The first-order valence-electron chi connectivity index (χ1n) is 26.7. The summed E-state index contributed by atoms with van der Waals surface area (Å²) in [5.74, 6) is 1.59. The Morgan fingerprint density at radius 2 is 1.07 bits per heavy atom. The molecule has 3 aliphatic heterocycles. The van der Waals surface area contributed by atoms with Crippen LogP contribution in [0.15, 0.2) is 194 Å². The van der Waals surface area contributed by atoms with Gasteiger partial charge >= 0.3 is 0 Å². The van der Waals surface area contributed by atoms with E-state index in [4.69, 9.17) is 4.74 Å². The number of rotatable bonds is 3. The minimum atomic E-state index is -0.0501. The molecule has 15 rings (SSSR count). The molecule has 2 bridgehead atoms. The monoisotopic (exact) mass is 988 g/mol. The van der Waals surface area contributed by atoms with Crippen LogP contribution < -0.4 is 35.1 Å². The Kier molecular flexibility index (Phi) is 9.35. The van der Waals surface area contributed by atoms with Crippen molar-refractivity contribution in [3.05, 3.63) is 211 Å². The molecule has 0 fully saturated rings. The Balaban J connectivity index is 1.05. The average molecular weight is 989 g/mol. The minimum absolute atomic E-state index is 0.0216. The number of aromatic nitrogens is 1. The van der Waals surface area contributed by atoms with Crippen molar-refractivity contribution in [1.82, 2.24) is 4.57 Å². The van der Waals surface area contributed by atoms with Gasteiger partial charge in [-0.3, -0.25) is 0 Å². The molecule has 0 saturated heterocycles. The molecule has 0 spiro atoms. The highest BCUT2D eigenvalue weighted by molar-refractivity contribution is 7.33. The molecule has 2 aromatic heterocycles. The molecule has 5 heterocycles. The van der Waals surface area contributed by atoms with E-state index in [9.17, 15) is 0 Å². The third kappa shape index (κ3) is 6.43. The van der Waals surface area contributed by atoms with Gasteiger partial charge in [-0.25, -0.2) is 0 Å². The maximum Gasteiger partial charge on any atom is 0.264 e. The number of hydrogen-bond donors (Lipinski definition) is 0. The van der Waals surface area contributed by atoms with E-state index in [2.05, 4.69) is 262 Å². The predicted octanol–water partition coefficient (Wildman–Crippen LogP) is 17.3. The van der Waals surface area contributed by atoms with Crippen molar-refractivity contribution in [2.45, 2.75) is 77.6 Å². The van der Waals surface area contributed by atoms with Crippen LogP contribution in [0.4, 0.5) is 51.2 Å². The second-order valence-corrected chi connectivity index (χ2v) is 24.6. The van der Waals surface area contributed by atoms with Crippen LogP contribution in [-0.2, 0) is 16.2 Å². The van der Waals surface area contributed by atoms with Crippen molar-refractivity contribution in [2.75, 3.05) is 14.7 Å². The van der Waals surface area contributed by atoms with Crippen molar-refractivity contribution in [3.63, 3.8) is 0 Å². The molecule has 1 aliphatic carbocycles. The molecule has 364 valence electrons. The molecular weight excluding hydrogens is 932 g/mol. The van der Waals surface area contributed by atoms with Gasteiger partial charge in [-0.15, -0.1) is 11.3 Å². The van der Waals surface area contributed by atoms with Crippen molar-refractivity contribution < 1.29 is 4.74 Å². The van der Waals surface area contributed by atoms with Crippen LogP contribution in [0.2, 0.25) is 0 Å². The summed E-state index contributed by atoms with van der Waals surface area (Å²) < 4.78 is 12.4. The molecule has 9 aromatic carbocycles. The zero-order valence-electron chi connectivity index (χ0n) is 43.6. The highest BCUT2D eigenvalue weighted by Gasteiger charge is 2.47. The number of para-hydroxylation sites is 6. The zero-order valence-corrected chi connectivity index (χ0v) is 44.4. The van der Waals surface area contributed by atoms with Gasteiger partial charge in [0.2, 0.25) is 0 Å². The number of benzene rings is 9. The fraction of sp³-hybridized carbons (Fsp3) is 0.176. The summed E-state index contributed by atoms with van der Waals surface area (Å²) in [7, 11) is 0. The third-order valence-electron chi connectivity index (χ3n) is 17.2. The fourth-order valence-electron chi connectivity index (χ4n) is 13.3. The van der Waals surface area contributed by atoms with E-state index in [0.717, 1.165) is 57.7 Å². The molecule has 7 heteroatoms. The Morgan fingerprint density at radius 1 is 0.480 bits per heavy atom. The SMILES string of the molecule is CC(C)(C)c1ccc(N2c3ccc4c(c3)N(c3ccccc3Oc3ccccc32)c2cccc3c2B4c2sc4cc5c(cc4c2N3c2cccc3c2c2ccccc2n3-c2ccccc2)C(C)(C)CCC5(C)C)cc1. The molecular formula is C68H57BN4OS. The van der Waals surface area contributed by atoms with Crippen LogP contribution in [-0.4, -0.2) is 11.3 Å². The van der Waals surface area contributed by atoms with Crippen molar-refractivity contribution >= 4 is 117 Å². The summed E-state index contributed by atoms with van der Waals surface area (Å²) in [4.78, 5) is 7.55. The predicted molar refractivity (Wildman–Crippen MR) is 319 cm³/mol. The van der Waals surface area contributed by atoms with E-state index in [1.54, 1.807) is 0 Å². The first-order chi connectivity index (χ1) is 36.3. The molecule has 0 saturated carbocycles. The van der Waals surface area contributed by atoms with Crippen LogP contribution in [0.3, 0.4) is 0 Å². The topological polar surface area (TPSA) is 23.9 Å². The molecule has 0 N–H and O–H groups in total. The van der Waals surface area contributed by atoms with Crippen LogP contribution in [0, 0.1) is 0 Å². The quantitative estimate of drug-likeness (QED) is 0.165. The highest BCUT2D eigenvalue weighted by atomic mass is 32.1. The number of thiophene rings is 1. The minimum Gasteiger partial charge on any atom is -0.453 e. The van der Waals surface area contributed by atoms with E-state index in [0.29, 0.717) is 0 Å². The van der Waals surface area contributed by atoms with Crippen molar-refractivity contribution in [1.29, 1.82) is 0 Å². The zero-order chi connectivity index (χ0) is 50.7. The van der Waals surface area contributed by atoms with Gasteiger partial charge in [0, 0.05) is 59.8 Å². The molecule has 5 nitrogen and oxygen atoms in total. The molecule has 0 radical (unpaired) electrons. The van der Waals surface area contributed by atoms with Gasteiger partial charge in [0.1, 0.15) is 0 Å². The summed E-state index contributed by atoms with van der Waals surface area (Å²) >= 11 is 2.00. The van der Waals surface area contributed by atoms with Gasteiger partial charge in [0.05, 0.1) is 33.8 Å². The largest absolute Gasteiger partial charge is 0.453 e. The summed E-state index contributed by atoms with van der Waals surface area (Å²) in [6.07, 6.45) is 2.32. The number of anilines is 9. The fourth-order valence-corrected chi connectivity index (χ4v) is 14.6. The summed E-state index contributed by atoms with van der Waals surface area (Å²) in [6, 6.07) is 72.5. The Labute approximate surface area is 444 Å². The van der Waals surface area contributed by atoms with Crippen molar-refractivity contribution in [2.24, 2.45) is 0 Å². The standard InChI is InChI=1S/C68H57BN4OS/c1-66(2,3)42-31-33-44(34-32-42)70-45-35-36-50-58(39-45)72(53-24-14-16-30-60(53)74-59-29-15-13-23-52(59)70)56-27-18-28-57-63(56)69(50)65-64(47-40-48-49(41-61(47)75-65)68(6,7)38-37-67(48,4)5)73(57)55-26-17-25-54-62(55)46-21-11-12-22-51(46)71(54)43-19-9-8-10-20-43/h8-36,39-41H,37-38H2,1-7H3. The first-order valence-corrected chi connectivity index (χ1v) is 27.5. The molecule has 0 amide bonds. The third-order valence-corrected chi connectivity index (χ3v) is 18.4.